The summed E-state index contributed by atoms with van der Waals surface area (Å²) in [5.74, 6) is 0.730. The Bertz CT molecular complexity index is 538. The Morgan fingerprint density at radius 1 is 1.48 bits per heavy atom. The zero-order valence-corrected chi connectivity index (χ0v) is 14.2. The number of thiophene rings is 1. The second-order valence-corrected chi connectivity index (χ2v) is 7.69. The van der Waals surface area contributed by atoms with E-state index in [2.05, 4.69) is 51.8 Å². The number of rotatable bonds is 6. The van der Waals surface area contributed by atoms with Gasteiger partial charge in [0.05, 0.1) is 12.5 Å². The maximum absolute atomic E-state index is 12.9. The first kappa shape index (κ1) is 16.0. The van der Waals surface area contributed by atoms with E-state index in [9.17, 15) is 4.79 Å². The number of allylic oxidation sites excluding steroid dienone is 2. The third-order valence-corrected chi connectivity index (χ3v) is 5.14. The van der Waals surface area contributed by atoms with E-state index in [4.69, 9.17) is 0 Å². The number of hydrogen-bond donors (Lipinski definition) is 0. The molecule has 0 saturated heterocycles. The van der Waals surface area contributed by atoms with E-state index in [1.165, 1.54) is 10.5 Å². The van der Waals surface area contributed by atoms with Gasteiger partial charge in [0.1, 0.15) is 0 Å². The second kappa shape index (κ2) is 6.18. The van der Waals surface area contributed by atoms with Gasteiger partial charge in [-0.1, -0.05) is 37.6 Å². The Morgan fingerprint density at radius 3 is 2.71 bits per heavy atom. The molecule has 114 valence electrons. The Morgan fingerprint density at radius 2 is 2.19 bits per heavy atom. The fourth-order valence-electron chi connectivity index (χ4n) is 3.00. The number of carbonyl (C=O) groups is 1. The van der Waals surface area contributed by atoms with Gasteiger partial charge < -0.3 is 4.90 Å². The first-order chi connectivity index (χ1) is 9.87. The van der Waals surface area contributed by atoms with Gasteiger partial charge in [0.15, 0.2) is 0 Å². The number of hydrogen-bond acceptors (Lipinski definition) is 2. The molecule has 1 fully saturated rings. The molecular weight excluding hydrogens is 278 g/mol. The van der Waals surface area contributed by atoms with Crippen LogP contribution >= 0.6 is 11.3 Å². The molecule has 3 heteroatoms. The summed E-state index contributed by atoms with van der Waals surface area (Å²) in [6, 6.07) is 4.11. The molecule has 1 aromatic heterocycles. The molecule has 1 saturated carbocycles. The van der Waals surface area contributed by atoms with Crippen LogP contribution in [-0.4, -0.2) is 17.4 Å². The van der Waals surface area contributed by atoms with Crippen LogP contribution in [0.1, 0.15) is 32.6 Å². The highest BCUT2D eigenvalue weighted by molar-refractivity contribution is 7.09. The first-order valence-corrected chi connectivity index (χ1v) is 8.33. The van der Waals surface area contributed by atoms with Crippen LogP contribution in [0.15, 0.2) is 41.8 Å². The Kier molecular flexibility index (Phi) is 4.72. The van der Waals surface area contributed by atoms with Crippen LogP contribution in [0.4, 0.5) is 0 Å². The zero-order valence-electron chi connectivity index (χ0n) is 13.4. The van der Waals surface area contributed by atoms with Crippen molar-refractivity contribution in [2.24, 2.45) is 17.3 Å². The summed E-state index contributed by atoms with van der Waals surface area (Å²) < 4.78 is 0. The van der Waals surface area contributed by atoms with Gasteiger partial charge in [0.2, 0.25) is 5.91 Å². The quantitative estimate of drug-likeness (QED) is 0.709. The highest BCUT2D eigenvalue weighted by Gasteiger charge is 2.61. The van der Waals surface area contributed by atoms with Crippen LogP contribution in [0.25, 0.3) is 0 Å². The molecule has 0 aromatic carbocycles. The number of carbonyl (C=O) groups excluding carboxylic acids is 1. The third-order valence-electron chi connectivity index (χ3n) is 4.28. The molecule has 0 spiro atoms. The summed E-state index contributed by atoms with van der Waals surface area (Å²) in [7, 11) is 0. The van der Waals surface area contributed by atoms with Crippen molar-refractivity contribution in [3.63, 3.8) is 0 Å². The van der Waals surface area contributed by atoms with E-state index in [-0.39, 0.29) is 17.2 Å². The average molecular weight is 303 g/mol. The van der Waals surface area contributed by atoms with Gasteiger partial charge in [-0.15, -0.1) is 17.9 Å². The molecule has 0 radical (unpaired) electrons. The minimum Gasteiger partial charge on any atom is -0.334 e. The van der Waals surface area contributed by atoms with Crippen molar-refractivity contribution >= 4 is 17.2 Å². The van der Waals surface area contributed by atoms with Crippen molar-refractivity contribution in [2.45, 2.75) is 34.2 Å². The van der Waals surface area contributed by atoms with E-state index < -0.39 is 0 Å². The standard InChI is InChI=1S/C18H25NOS/c1-6-9-19(12-14-8-7-10-21-14)17(20)16-15(11-13(2)3)18(16,4)5/h6-8,10-11,15-16H,1,9,12H2,2-5H3. The molecule has 1 aromatic rings. The fraction of sp³-hybridized carbons (Fsp3) is 0.500. The average Bonchev–Trinajstić information content (AvgIpc) is 2.80. The Labute approximate surface area is 132 Å². The minimum absolute atomic E-state index is 0.0726. The molecule has 2 unspecified atom stereocenters. The van der Waals surface area contributed by atoms with Crippen molar-refractivity contribution in [2.75, 3.05) is 6.54 Å². The molecule has 0 N–H and O–H groups in total. The molecule has 0 bridgehead atoms. The lowest BCUT2D eigenvalue weighted by Crippen LogP contribution is -2.33. The summed E-state index contributed by atoms with van der Waals surface area (Å²) in [4.78, 5) is 16.0. The van der Waals surface area contributed by atoms with Crippen LogP contribution < -0.4 is 0 Å². The van der Waals surface area contributed by atoms with E-state index in [0.717, 1.165) is 0 Å². The van der Waals surface area contributed by atoms with Crippen LogP contribution in [0, 0.1) is 17.3 Å². The molecule has 1 aliphatic carbocycles. The van der Waals surface area contributed by atoms with Crippen molar-refractivity contribution in [3.05, 3.63) is 46.7 Å². The normalized spacial score (nSPS) is 22.5. The predicted octanol–water partition coefficient (Wildman–Crippen LogP) is 4.50. The van der Waals surface area contributed by atoms with Crippen molar-refractivity contribution in [1.29, 1.82) is 0 Å². The largest absolute Gasteiger partial charge is 0.334 e. The summed E-state index contributed by atoms with van der Waals surface area (Å²) >= 11 is 1.70. The van der Waals surface area contributed by atoms with Crippen molar-refractivity contribution in [1.82, 2.24) is 4.90 Å². The summed E-state index contributed by atoms with van der Waals surface area (Å²) in [5, 5.41) is 2.05. The van der Waals surface area contributed by atoms with Crippen LogP contribution in [-0.2, 0) is 11.3 Å². The second-order valence-electron chi connectivity index (χ2n) is 6.66. The SMILES string of the molecule is C=CCN(Cc1cccs1)C(=O)C1C(C=C(C)C)C1(C)C. The Balaban J connectivity index is 2.12. The van der Waals surface area contributed by atoms with Crippen LogP contribution in [0.2, 0.25) is 0 Å². The summed E-state index contributed by atoms with van der Waals surface area (Å²) in [5.41, 5.74) is 1.36. The Hall–Kier alpha value is -1.35. The lowest BCUT2D eigenvalue weighted by atomic mass is 10.1. The highest BCUT2D eigenvalue weighted by Crippen LogP contribution is 2.60. The van der Waals surface area contributed by atoms with Crippen molar-refractivity contribution in [3.8, 4) is 0 Å². The smallest absolute Gasteiger partial charge is 0.227 e. The molecule has 0 aliphatic heterocycles. The predicted molar refractivity (Wildman–Crippen MR) is 90.1 cm³/mol. The molecular formula is C18H25NOS. The zero-order chi connectivity index (χ0) is 15.6. The molecule has 1 amide bonds. The summed E-state index contributed by atoms with van der Waals surface area (Å²) in [6.45, 7) is 13.7. The number of amides is 1. The van der Waals surface area contributed by atoms with Gasteiger partial charge >= 0.3 is 0 Å². The molecule has 1 heterocycles. The first-order valence-electron chi connectivity index (χ1n) is 7.45. The van der Waals surface area contributed by atoms with E-state index in [1.54, 1.807) is 11.3 Å². The molecule has 1 aliphatic rings. The van der Waals surface area contributed by atoms with E-state index >= 15 is 0 Å². The highest BCUT2D eigenvalue weighted by atomic mass is 32.1. The van der Waals surface area contributed by atoms with Crippen LogP contribution in [0.5, 0.6) is 0 Å². The lowest BCUT2D eigenvalue weighted by molar-refractivity contribution is -0.133. The van der Waals surface area contributed by atoms with Gasteiger partial charge in [-0.25, -0.2) is 0 Å². The van der Waals surface area contributed by atoms with Gasteiger partial charge in [-0.05, 0) is 36.6 Å². The van der Waals surface area contributed by atoms with Gasteiger partial charge in [0.25, 0.3) is 0 Å². The topological polar surface area (TPSA) is 20.3 Å². The minimum atomic E-state index is 0.0726. The maximum Gasteiger partial charge on any atom is 0.227 e. The molecule has 2 rings (SSSR count). The molecule has 21 heavy (non-hydrogen) atoms. The van der Waals surface area contributed by atoms with Gasteiger partial charge in [0, 0.05) is 11.4 Å². The number of nitrogens with zero attached hydrogens (tertiary/aromatic N) is 1. The fourth-order valence-corrected chi connectivity index (χ4v) is 3.71. The van der Waals surface area contributed by atoms with E-state index in [0.29, 0.717) is 19.0 Å². The monoisotopic (exact) mass is 303 g/mol. The molecule has 2 nitrogen and oxygen atoms in total. The van der Waals surface area contributed by atoms with Gasteiger partial charge in [-0.3, -0.25) is 4.79 Å². The van der Waals surface area contributed by atoms with E-state index in [1.807, 2.05) is 17.0 Å². The third kappa shape index (κ3) is 3.46. The lowest BCUT2D eigenvalue weighted by Gasteiger charge is -2.21. The summed E-state index contributed by atoms with van der Waals surface area (Å²) in [6.07, 6.45) is 4.07. The molecule has 2 atom stereocenters. The van der Waals surface area contributed by atoms with Gasteiger partial charge in [-0.2, -0.15) is 0 Å². The van der Waals surface area contributed by atoms with Crippen molar-refractivity contribution < 1.29 is 4.79 Å². The van der Waals surface area contributed by atoms with Crippen LogP contribution in [0.3, 0.4) is 0 Å². The maximum atomic E-state index is 12.9.